The lowest BCUT2D eigenvalue weighted by Gasteiger charge is -2.35. The van der Waals surface area contributed by atoms with Gasteiger partial charge >= 0.3 is 6.03 Å². The average Bonchev–Trinajstić information content (AvgIpc) is 3.50. The second-order valence-electron chi connectivity index (χ2n) is 7.41. The Kier molecular flexibility index (Phi) is 5.28. The molecule has 1 N–H and O–H groups in total. The lowest BCUT2D eigenvalue weighted by molar-refractivity contribution is 0.203. The second kappa shape index (κ2) is 8.39. The van der Waals surface area contributed by atoms with E-state index >= 15 is 0 Å². The number of halogens is 1. The third-order valence-corrected chi connectivity index (χ3v) is 6.25. The first kappa shape index (κ1) is 20.1. The fraction of sp³-hybridized carbons (Fsp3) is 0.125. The number of urea groups is 1. The number of carbonyl (C=O) groups is 1. The predicted molar refractivity (Wildman–Crippen MR) is 120 cm³/mol. The Morgan fingerprint density at radius 3 is 2.59 bits per heavy atom. The van der Waals surface area contributed by atoms with Crippen LogP contribution in [0.25, 0.3) is 16.3 Å². The van der Waals surface area contributed by atoms with Crippen molar-refractivity contribution in [1.29, 1.82) is 0 Å². The molecule has 1 unspecified atom stereocenters. The zero-order valence-electron chi connectivity index (χ0n) is 17.2. The van der Waals surface area contributed by atoms with Crippen molar-refractivity contribution in [3.8, 4) is 10.7 Å². The first-order valence-electron chi connectivity index (χ1n) is 10.1. The lowest BCUT2D eigenvalue weighted by Crippen LogP contribution is -2.45. The summed E-state index contributed by atoms with van der Waals surface area (Å²) >= 11 is 1.52. The number of amides is 2. The fourth-order valence-electron chi connectivity index (χ4n) is 3.76. The predicted octanol–water partition coefficient (Wildman–Crippen LogP) is 5.63. The van der Waals surface area contributed by atoms with Crippen LogP contribution < -0.4 is 5.32 Å². The van der Waals surface area contributed by atoms with E-state index in [0.717, 1.165) is 16.0 Å². The normalized spacial score (nSPS) is 16.4. The van der Waals surface area contributed by atoms with Crippen LogP contribution in [0, 0.1) is 5.82 Å². The zero-order chi connectivity index (χ0) is 22.1. The lowest BCUT2D eigenvalue weighted by atomic mass is 9.94. The molecule has 1 aliphatic rings. The SMILES string of the molecule is CC1=C(c2nc(-c3cccs3)no2)C(c2ccc(F)cc2)NC(=O)N1Cc1ccccc1. The van der Waals surface area contributed by atoms with Gasteiger partial charge in [0.25, 0.3) is 5.89 Å². The topological polar surface area (TPSA) is 71.3 Å². The Morgan fingerprint density at radius 2 is 1.88 bits per heavy atom. The Labute approximate surface area is 188 Å². The van der Waals surface area contributed by atoms with Crippen molar-refractivity contribution in [1.82, 2.24) is 20.4 Å². The van der Waals surface area contributed by atoms with Crippen LogP contribution in [-0.4, -0.2) is 21.1 Å². The number of hydrogen-bond donors (Lipinski definition) is 1. The summed E-state index contributed by atoms with van der Waals surface area (Å²) in [6.07, 6.45) is 0. The number of thiophene rings is 1. The van der Waals surface area contributed by atoms with Gasteiger partial charge in [-0.2, -0.15) is 4.98 Å². The van der Waals surface area contributed by atoms with E-state index in [9.17, 15) is 9.18 Å². The summed E-state index contributed by atoms with van der Waals surface area (Å²) < 4.78 is 19.2. The smallest absolute Gasteiger partial charge is 0.322 e. The summed E-state index contributed by atoms with van der Waals surface area (Å²) in [6.45, 7) is 2.26. The molecule has 0 saturated carbocycles. The minimum atomic E-state index is -0.549. The molecule has 0 radical (unpaired) electrons. The van der Waals surface area contributed by atoms with Crippen molar-refractivity contribution in [2.75, 3.05) is 0 Å². The number of nitrogens with zero attached hydrogens (tertiary/aromatic N) is 3. The first-order valence-corrected chi connectivity index (χ1v) is 10.9. The highest BCUT2D eigenvalue weighted by Gasteiger charge is 2.35. The quantitative estimate of drug-likeness (QED) is 0.431. The maximum absolute atomic E-state index is 13.5. The van der Waals surface area contributed by atoms with Gasteiger partial charge < -0.3 is 9.84 Å². The number of hydrogen-bond acceptors (Lipinski definition) is 5. The monoisotopic (exact) mass is 446 g/mol. The zero-order valence-corrected chi connectivity index (χ0v) is 18.0. The average molecular weight is 447 g/mol. The summed E-state index contributed by atoms with van der Waals surface area (Å²) in [5.74, 6) is 0.458. The van der Waals surface area contributed by atoms with Crippen molar-refractivity contribution in [2.24, 2.45) is 0 Å². The number of rotatable bonds is 5. The molecule has 2 amide bonds. The summed E-state index contributed by atoms with van der Waals surface area (Å²) in [6, 6.07) is 18.8. The van der Waals surface area contributed by atoms with Crippen molar-refractivity contribution < 1.29 is 13.7 Å². The van der Waals surface area contributed by atoms with Crippen LogP contribution in [-0.2, 0) is 6.54 Å². The maximum atomic E-state index is 13.5. The van der Waals surface area contributed by atoms with E-state index < -0.39 is 6.04 Å². The molecule has 0 spiro atoms. The Morgan fingerprint density at radius 1 is 1.09 bits per heavy atom. The van der Waals surface area contributed by atoms with Gasteiger partial charge in [0.1, 0.15) is 5.82 Å². The van der Waals surface area contributed by atoms with Crippen molar-refractivity contribution >= 4 is 22.9 Å². The summed E-state index contributed by atoms with van der Waals surface area (Å²) in [4.78, 5) is 20.2. The van der Waals surface area contributed by atoms with E-state index in [1.807, 2.05) is 54.8 Å². The molecule has 3 heterocycles. The molecule has 32 heavy (non-hydrogen) atoms. The molecule has 0 bridgehead atoms. The van der Waals surface area contributed by atoms with Gasteiger partial charge in [-0.1, -0.05) is 53.7 Å². The first-order chi connectivity index (χ1) is 15.6. The number of nitrogens with one attached hydrogen (secondary N) is 1. The van der Waals surface area contributed by atoms with E-state index in [2.05, 4.69) is 15.5 Å². The van der Waals surface area contributed by atoms with Crippen LogP contribution in [0.1, 0.15) is 30.0 Å². The molecule has 2 aromatic heterocycles. The molecule has 4 aromatic rings. The van der Waals surface area contributed by atoms with Gasteiger partial charge in [-0.25, -0.2) is 9.18 Å². The van der Waals surface area contributed by atoms with Crippen LogP contribution in [0.3, 0.4) is 0 Å². The molecule has 5 rings (SSSR count). The number of allylic oxidation sites excluding steroid dienone is 1. The van der Waals surface area contributed by atoms with Gasteiger partial charge in [0.15, 0.2) is 0 Å². The molecule has 160 valence electrons. The number of benzene rings is 2. The van der Waals surface area contributed by atoms with E-state index in [-0.39, 0.29) is 11.8 Å². The molecule has 0 saturated heterocycles. The van der Waals surface area contributed by atoms with Crippen LogP contribution in [0.2, 0.25) is 0 Å². The third kappa shape index (κ3) is 3.80. The minimum absolute atomic E-state index is 0.248. The van der Waals surface area contributed by atoms with Gasteiger partial charge in [0, 0.05) is 5.70 Å². The standard InChI is InChI=1S/C24H19FN4O2S/c1-15-20(23-27-22(28-31-23)19-8-5-13-32-19)21(17-9-11-18(25)12-10-17)26-24(30)29(15)14-16-6-3-2-4-7-16/h2-13,21H,14H2,1H3,(H,26,30). The highest BCUT2D eigenvalue weighted by molar-refractivity contribution is 7.13. The van der Waals surface area contributed by atoms with Gasteiger partial charge in [0.05, 0.1) is 23.0 Å². The molecule has 0 aliphatic carbocycles. The van der Waals surface area contributed by atoms with Crippen LogP contribution >= 0.6 is 11.3 Å². The molecule has 1 atom stereocenters. The highest BCUT2D eigenvalue weighted by atomic mass is 32.1. The van der Waals surface area contributed by atoms with E-state index in [1.54, 1.807) is 17.0 Å². The second-order valence-corrected chi connectivity index (χ2v) is 8.35. The molecular formula is C24H19FN4O2S. The Bertz CT molecular complexity index is 1270. The van der Waals surface area contributed by atoms with E-state index in [4.69, 9.17) is 4.52 Å². The van der Waals surface area contributed by atoms with E-state index in [0.29, 0.717) is 29.5 Å². The van der Waals surface area contributed by atoms with Crippen LogP contribution in [0.15, 0.2) is 82.3 Å². The molecule has 6 nitrogen and oxygen atoms in total. The van der Waals surface area contributed by atoms with Crippen molar-refractivity contribution in [2.45, 2.75) is 19.5 Å². The molecule has 1 aliphatic heterocycles. The van der Waals surface area contributed by atoms with Gasteiger partial charge in [-0.3, -0.25) is 4.90 Å². The van der Waals surface area contributed by atoms with Gasteiger partial charge in [-0.15, -0.1) is 11.3 Å². The van der Waals surface area contributed by atoms with Crippen LogP contribution in [0.5, 0.6) is 0 Å². The molecule has 8 heteroatoms. The van der Waals surface area contributed by atoms with Gasteiger partial charge in [-0.05, 0) is 41.6 Å². The van der Waals surface area contributed by atoms with Crippen molar-refractivity contribution in [3.05, 3.63) is 101 Å². The van der Waals surface area contributed by atoms with Gasteiger partial charge in [0.2, 0.25) is 5.82 Å². The Balaban J connectivity index is 1.60. The number of aromatic nitrogens is 2. The largest absolute Gasteiger partial charge is 0.334 e. The van der Waals surface area contributed by atoms with Crippen molar-refractivity contribution in [3.63, 3.8) is 0 Å². The third-order valence-electron chi connectivity index (χ3n) is 5.38. The maximum Gasteiger partial charge on any atom is 0.322 e. The fourth-order valence-corrected chi connectivity index (χ4v) is 4.41. The van der Waals surface area contributed by atoms with E-state index in [1.165, 1.54) is 23.5 Å². The molecule has 0 fully saturated rings. The number of carbonyl (C=O) groups excluding carboxylic acids is 1. The summed E-state index contributed by atoms with van der Waals surface area (Å²) in [7, 11) is 0. The van der Waals surface area contributed by atoms with Crippen LogP contribution in [0.4, 0.5) is 9.18 Å². The summed E-state index contributed by atoms with van der Waals surface area (Å²) in [5, 5.41) is 9.11. The molecule has 2 aromatic carbocycles. The molecular weight excluding hydrogens is 427 g/mol. The minimum Gasteiger partial charge on any atom is -0.334 e. The summed E-state index contributed by atoms with van der Waals surface area (Å²) in [5.41, 5.74) is 3.10. The highest BCUT2D eigenvalue weighted by Crippen LogP contribution is 2.38. The Hall–Kier alpha value is -3.78.